The van der Waals surface area contributed by atoms with Crippen LogP contribution in [0.5, 0.6) is 5.75 Å². The predicted molar refractivity (Wildman–Crippen MR) is 94.6 cm³/mol. The highest BCUT2D eigenvalue weighted by molar-refractivity contribution is 9.10. The molecule has 1 heterocycles. The van der Waals surface area contributed by atoms with Gasteiger partial charge in [0.25, 0.3) is 0 Å². The third kappa shape index (κ3) is 3.79. The molecule has 0 bridgehead atoms. The van der Waals surface area contributed by atoms with Gasteiger partial charge in [0.2, 0.25) is 5.89 Å². The van der Waals surface area contributed by atoms with Gasteiger partial charge in [-0.3, -0.25) is 4.79 Å². The number of ketones is 1. The molecule has 24 heavy (non-hydrogen) atoms. The van der Waals surface area contributed by atoms with E-state index >= 15 is 0 Å². The number of rotatable bonds is 6. The predicted octanol–water partition coefficient (Wildman–Crippen LogP) is 3.42. The Morgan fingerprint density at radius 3 is 2.83 bits per heavy atom. The summed E-state index contributed by atoms with van der Waals surface area (Å²) in [5.41, 5.74) is 6.26. The molecule has 130 valence electrons. The van der Waals surface area contributed by atoms with E-state index in [1.54, 1.807) is 19.2 Å². The van der Waals surface area contributed by atoms with Crippen LogP contribution in [0.1, 0.15) is 47.8 Å². The summed E-state index contributed by atoms with van der Waals surface area (Å²) in [4.78, 5) is 16.7. The van der Waals surface area contributed by atoms with Crippen LogP contribution in [0.4, 0.5) is 0 Å². The number of nitrogens with two attached hydrogens (primary N) is 1. The van der Waals surface area contributed by atoms with Crippen molar-refractivity contribution in [3.8, 4) is 5.75 Å². The lowest BCUT2D eigenvalue weighted by atomic mass is 9.77. The quantitative estimate of drug-likeness (QED) is 0.726. The van der Waals surface area contributed by atoms with E-state index in [4.69, 9.17) is 15.0 Å². The zero-order valence-corrected chi connectivity index (χ0v) is 15.7. The lowest BCUT2D eigenvalue weighted by Crippen LogP contribution is -2.44. The number of hydrogen-bond acceptors (Lipinski definition) is 6. The monoisotopic (exact) mass is 415 g/mol. The van der Waals surface area contributed by atoms with Gasteiger partial charge < -0.3 is 15.0 Å². The lowest BCUT2D eigenvalue weighted by Gasteiger charge is -2.34. The molecule has 3 rings (SSSR count). The number of methoxy groups -OCH3 is 1. The highest BCUT2D eigenvalue weighted by Crippen LogP contribution is 2.36. The maximum Gasteiger partial charge on any atom is 0.227 e. The zero-order valence-electron chi connectivity index (χ0n) is 13.3. The summed E-state index contributed by atoms with van der Waals surface area (Å²) < 4.78 is 11.3. The topological polar surface area (TPSA) is 91.2 Å². The van der Waals surface area contributed by atoms with Gasteiger partial charge in [-0.15, -0.1) is 12.4 Å². The maximum absolute atomic E-state index is 12.4. The highest BCUT2D eigenvalue weighted by atomic mass is 79.9. The van der Waals surface area contributed by atoms with Gasteiger partial charge in [-0.2, -0.15) is 4.98 Å². The van der Waals surface area contributed by atoms with E-state index in [-0.39, 0.29) is 24.6 Å². The number of aryl methyl sites for hydroxylation is 1. The van der Waals surface area contributed by atoms with E-state index in [2.05, 4.69) is 26.1 Å². The first-order valence-electron chi connectivity index (χ1n) is 7.50. The van der Waals surface area contributed by atoms with Crippen LogP contribution in [0.15, 0.2) is 27.2 Å². The molecule has 0 amide bonds. The van der Waals surface area contributed by atoms with Crippen LogP contribution in [0, 0.1) is 0 Å². The summed E-state index contributed by atoms with van der Waals surface area (Å²) >= 11 is 3.37. The van der Waals surface area contributed by atoms with Gasteiger partial charge in [-0.25, -0.2) is 0 Å². The average Bonchev–Trinajstić information content (AvgIpc) is 2.99. The summed E-state index contributed by atoms with van der Waals surface area (Å²) in [6.45, 7) is 0. The molecule has 1 aliphatic rings. The SMILES string of the molecule is COc1ccc(Br)cc1C(=O)CCc1nc(C2(N)CCC2)no1.Cl. The van der Waals surface area contributed by atoms with Gasteiger partial charge in [-0.05, 0) is 37.5 Å². The van der Waals surface area contributed by atoms with Crippen LogP contribution >= 0.6 is 28.3 Å². The molecule has 1 fully saturated rings. The first kappa shape index (κ1) is 18.9. The Balaban J connectivity index is 0.00000208. The van der Waals surface area contributed by atoms with Crippen LogP contribution in [-0.2, 0) is 12.0 Å². The molecule has 0 saturated heterocycles. The number of benzene rings is 1. The van der Waals surface area contributed by atoms with Gasteiger partial charge in [0.05, 0.1) is 18.2 Å². The van der Waals surface area contributed by atoms with E-state index in [0.29, 0.717) is 29.4 Å². The number of hydrogen-bond donors (Lipinski definition) is 1. The fraction of sp³-hybridized carbons (Fsp3) is 0.438. The number of Topliss-reactive ketones (excluding diaryl/α,β-unsaturated/α-hetero) is 1. The number of halogens is 2. The Morgan fingerprint density at radius 1 is 1.46 bits per heavy atom. The summed E-state index contributed by atoms with van der Waals surface area (Å²) in [5, 5.41) is 3.95. The Morgan fingerprint density at radius 2 is 2.21 bits per heavy atom. The van der Waals surface area contributed by atoms with E-state index in [1.807, 2.05) is 6.07 Å². The molecular weight excluding hydrogens is 398 g/mol. The average molecular weight is 417 g/mol. The standard InChI is InChI=1S/C16H18BrN3O3.ClH/c1-22-13-5-3-10(17)9-11(13)12(21)4-6-14-19-15(20-23-14)16(18)7-2-8-16;/h3,5,9H,2,4,6-8,18H2,1H3;1H. The minimum atomic E-state index is -0.445. The molecule has 2 aromatic rings. The molecule has 2 N–H and O–H groups in total. The maximum atomic E-state index is 12.4. The third-order valence-electron chi connectivity index (χ3n) is 4.19. The Kier molecular flexibility index (Phi) is 6.01. The Bertz CT molecular complexity index is 731. The fourth-order valence-electron chi connectivity index (χ4n) is 2.59. The Labute approximate surface area is 154 Å². The van der Waals surface area contributed by atoms with Crippen LogP contribution in [-0.4, -0.2) is 23.0 Å². The van der Waals surface area contributed by atoms with Crippen molar-refractivity contribution in [2.45, 2.75) is 37.6 Å². The molecule has 0 aliphatic heterocycles. The summed E-state index contributed by atoms with van der Waals surface area (Å²) in [6, 6.07) is 5.35. The molecular formula is C16H19BrClN3O3. The number of ether oxygens (including phenoxy) is 1. The minimum Gasteiger partial charge on any atom is -0.496 e. The molecule has 0 unspecified atom stereocenters. The molecule has 8 heteroatoms. The van der Waals surface area contributed by atoms with Gasteiger partial charge in [0.15, 0.2) is 11.6 Å². The minimum absolute atomic E-state index is 0. The van der Waals surface area contributed by atoms with Crippen molar-refractivity contribution in [2.75, 3.05) is 7.11 Å². The van der Waals surface area contributed by atoms with Crippen LogP contribution < -0.4 is 10.5 Å². The molecule has 0 atom stereocenters. The van der Waals surface area contributed by atoms with E-state index in [1.165, 1.54) is 0 Å². The van der Waals surface area contributed by atoms with E-state index in [0.717, 1.165) is 23.7 Å². The van der Waals surface area contributed by atoms with Gasteiger partial charge in [-0.1, -0.05) is 21.1 Å². The summed E-state index contributed by atoms with van der Waals surface area (Å²) in [5.74, 6) is 1.51. The van der Waals surface area contributed by atoms with Crippen LogP contribution in [0.25, 0.3) is 0 Å². The fourth-order valence-corrected chi connectivity index (χ4v) is 2.95. The van der Waals surface area contributed by atoms with Crippen molar-refractivity contribution in [3.05, 3.63) is 40.0 Å². The van der Waals surface area contributed by atoms with Gasteiger partial charge >= 0.3 is 0 Å². The Hall–Kier alpha value is -1.44. The van der Waals surface area contributed by atoms with Crippen molar-refractivity contribution in [2.24, 2.45) is 5.73 Å². The molecule has 1 saturated carbocycles. The molecule has 0 spiro atoms. The second-order valence-corrected chi connectivity index (χ2v) is 6.70. The highest BCUT2D eigenvalue weighted by Gasteiger charge is 2.38. The lowest BCUT2D eigenvalue weighted by molar-refractivity contribution is 0.0976. The second kappa shape index (κ2) is 7.63. The molecule has 1 aliphatic carbocycles. The second-order valence-electron chi connectivity index (χ2n) is 5.79. The van der Waals surface area contributed by atoms with Crippen molar-refractivity contribution in [3.63, 3.8) is 0 Å². The van der Waals surface area contributed by atoms with Crippen molar-refractivity contribution >= 4 is 34.1 Å². The summed E-state index contributed by atoms with van der Waals surface area (Å²) in [6.07, 6.45) is 3.49. The first-order chi connectivity index (χ1) is 11.0. The number of aromatic nitrogens is 2. The van der Waals surface area contributed by atoms with Crippen LogP contribution in [0.3, 0.4) is 0 Å². The molecule has 0 radical (unpaired) electrons. The number of carbonyl (C=O) groups is 1. The van der Waals surface area contributed by atoms with Gasteiger partial charge in [0, 0.05) is 17.3 Å². The number of carbonyl (C=O) groups excluding carboxylic acids is 1. The first-order valence-corrected chi connectivity index (χ1v) is 8.30. The van der Waals surface area contributed by atoms with Crippen LogP contribution in [0.2, 0.25) is 0 Å². The van der Waals surface area contributed by atoms with Gasteiger partial charge in [0.1, 0.15) is 5.75 Å². The zero-order chi connectivity index (χ0) is 16.4. The normalized spacial score (nSPS) is 15.3. The largest absolute Gasteiger partial charge is 0.496 e. The number of nitrogens with zero attached hydrogens (tertiary/aromatic N) is 2. The summed E-state index contributed by atoms with van der Waals surface area (Å²) in [7, 11) is 1.55. The molecule has 1 aromatic carbocycles. The van der Waals surface area contributed by atoms with Crippen molar-refractivity contribution in [1.82, 2.24) is 10.1 Å². The van der Waals surface area contributed by atoms with Crippen molar-refractivity contribution < 1.29 is 14.1 Å². The third-order valence-corrected chi connectivity index (χ3v) is 4.68. The smallest absolute Gasteiger partial charge is 0.227 e. The van der Waals surface area contributed by atoms with Crippen molar-refractivity contribution in [1.29, 1.82) is 0 Å². The van der Waals surface area contributed by atoms with E-state index < -0.39 is 5.54 Å². The molecule has 1 aromatic heterocycles. The molecule has 6 nitrogen and oxygen atoms in total. The van der Waals surface area contributed by atoms with E-state index in [9.17, 15) is 4.79 Å².